The Morgan fingerprint density at radius 3 is 2.82 bits per heavy atom. The monoisotopic (exact) mass is 296 g/mol. The Hall–Kier alpha value is -1.87. The minimum absolute atomic E-state index is 0.0670. The molecule has 1 aromatic heterocycles. The van der Waals surface area contributed by atoms with Gasteiger partial charge >= 0.3 is 5.97 Å². The molecule has 0 aliphatic rings. The average Bonchev–Trinajstić information content (AvgIpc) is 2.28. The molecule has 0 saturated carbocycles. The molecule has 1 unspecified atom stereocenters. The summed E-state index contributed by atoms with van der Waals surface area (Å²) in [4.78, 5) is 26.3. The van der Waals surface area contributed by atoms with Gasteiger partial charge < -0.3 is 10.4 Å². The molecule has 0 saturated heterocycles. The number of amides is 1. The van der Waals surface area contributed by atoms with Crippen molar-refractivity contribution in [2.45, 2.75) is 12.5 Å². The average molecular weight is 297 g/mol. The van der Waals surface area contributed by atoms with E-state index in [-0.39, 0.29) is 12.0 Å². The van der Waals surface area contributed by atoms with Crippen LogP contribution < -0.4 is 5.32 Å². The van der Waals surface area contributed by atoms with Gasteiger partial charge in [-0.05, 0) is 22.0 Å². The van der Waals surface area contributed by atoms with E-state index < -0.39 is 17.9 Å². The van der Waals surface area contributed by atoms with Gasteiger partial charge in [0.2, 0.25) is 0 Å². The van der Waals surface area contributed by atoms with E-state index in [9.17, 15) is 9.59 Å². The Morgan fingerprint density at radius 1 is 1.59 bits per heavy atom. The van der Waals surface area contributed by atoms with Crippen molar-refractivity contribution < 1.29 is 14.7 Å². The van der Waals surface area contributed by atoms with Crippen molar-refractivity contribution in [1.82, 2.24) is 10.3 Å². The minimum atomic E-state index is -1.17. The maximum atomic E-state index is 11.7. The third-order valence-electron chi connectivity index (χ3n) is 1.89. The zero-order valence-corrected chi connectivity index (χ0v) is 10.3. The number of aliphatic carboxylic acids is 1. The fraction of sp³-hybridized carbons (Fsp3) is 0.182. The molecule has 0 radical (unpaired) electrons. The zero-order chi connectivity index (χ0) is 12.8. The smallest absolute Gasteiger partial charge is 0.327 e. The molecule has 1 aromatic rings. The van der Waals surface area contributed by atoms with Crippen LogP contribution >= 0.6 is 15.9 Å². The molecule has 1 atom stereocenters. The van der Waals surface area contributed by atoms with E-state index in [1.54, 1.807) is 0 Å². The predicted octanol–water partition coefficient (Wildman–Crippen LogP) is 1.05. The van der Waals surface area contributed by atoms with Crippen molar-refractivity contribution in [1.29, 1.82) is 0 Å². The zero-order valence-electron chi connectivity index (χ0n) is 8.68. The molecule has 1 heterocycles. The highest BCUT2D eigenvalue weighted by Gasteiger charge is 2.19. The fourth-order valence-electron chi connectivity index (χ4n) is 1.10. The van der Waals surface area contributed by atoms with Crippen molar-refractivity contribution in [3.05, 3.63) is 28.5 Å². The highest BCUT2D eigenvalue weighted by atomic mass is 79.9. The quantitative estimate of drug-likeness (QED) is 0.814. The van der Waals surface area contributed by atoms with E-state index in [4.69, 9.17) is 11.5 Å². The van der Waals surface area contributed by atoms with Crippen LogP contribution in [0, 0.1) is 12.3 Å². The Balaban J connectivity index is 2.78. The van der Waals surface area contributed by atoms with Crippen LogP contribution in [-0.2, 0) is 4.79 Å². The van der Waals surface area contributed by atoms with Gasteiger partial charge in [-0.3, -0.25) is 9.78 Å². The Bertz CT molecular complexity index is 482. The maximum Gasteiger partial charge on any atom is 0.327 e. The number of carbonyl (C=O) groups is 2. The predicted molar refractivity (Wildman–Crippen MR) is 64.3 cm³/mol. The molecule has 88 valence electrons. The number of nitrogens with zero attached hydrogens (tertiary/aromatic N) is 1. The van der Waals surface area contributed by atoms with Gasteiger partial charge in [0.1, 0.15) is 6.04 Å². The molecule has 5 nitrogen and oxygen atoms in total. The summed E-state index contributed by atoms with van der Waals surface area (Å²) in [5.41, 5.74) is 0.266. The second-order valence-electron chi connectivity index (χ2n) is 3.16. The molecule has 0 fully saturated rings. The lowest BCUT2D eigenvalue weighted by atomic mass is 10.2. The number of hydrogen-bond acceptors (Lipinski definition) is 3. The fourth-order valence-corrected chi connectivity index (χ4v) is 1.46. The SMILES string of the molecule is C#CCC(NC(=O)c1cncc(Br)c1)C(=O)O. The minimum Gasteiger partial charge on any atom is -0.480 e. The lowest BCUT2D eigenvalue weighted by Crippen LogP contribution is -2.40. The summed E-state index contributed by atoms with van der Waals surface area (Å²) in [6, 6.07) is 0.448. The number of nitrogens with one attached hydrogen (secondary N) is 1. The Morgan fingerprint density at radius 2 is 2.29 bits per heavy atom. The number of carbonyl (C=O) groups excluding carboxylic acids is 1. The molecule has 1 rings (SSSR count). The van der Waals surface area contributed by atoms with Crippen LogP contribution in [0.25, 0.3) is 0 Å². The third-order valence-corrected chi connectivity index (χ3v) is 2.33. The Kier molecular flexibility index (Phi) is 4.67. The molecule has 0 spiro atoms. The number of carboxylic acids is 1. The largest absolute Gasteiger partial charge is 0.480 e. The van der Waals surface area contributed by atoms with Crippen molar-refractivity contribution in [2.75, 3.05) is 0 Å². The summed E-state index contributed by atoms with van der Waals surface area (Å²) in [7, 11) is 0. The summed E-state index contributed by atoms with van der Waals surface area (Å²) < 4.78 is 0.633. The van der Waals surface area contributed by atoms with Crippen LogP contribution in [0.2, 0.25) is 0 Å². The van der Waals surface area contributed by atoms with E-state index in [0.29, 0.717) is 4.47 Å². The summed E-state index contributed by atoms with van der Waals surface area (Å²) in [5.74, 6) is 0.503. The lowest BCUT2D eigenvalue weighted by molar-refractivity contribution is -0.139. The van der Waals surface area contributed by atoms with Gasteiger partial charge in [-0.1, -0.05) is 0 Å². The standard InChI is InChI=1S/C11H9BrN2O3/c1-2-3-9(11(16)17)14-10(15)7-4-8(12)6-13-5-7/h1,4-6,9H,3H2,(H,14,15)(H,16,17). The number of hydrogen-bond donors (Lipinski definition) is 2. The van der Waals surface area contributed by atoms with Gasteiger partial charge in [-0.2, -0.15) is 0 Å². The molecule has 1 amide bonds. The van der Waals surface area contributed by atoms with Gasteiger partial charge in [0, 0.05) is 23.3 Å². The highest BCUT2D eigenvalue weighted by molar-refractivity contribution is 9.10. The van der Waals surface area contributed by atoms with E-state index in [1.165, 1.54) is 18.5 Å². The van der Waals surface area contributed by atoms with Crippen LogP contribution in [0.15, 0.2) is 22.9 Å². The summed E-state index contributed by atoms with van der Waals surface area (Å²) in [6.45, 7) is 0. The van der Waals surface area contributed by atoms with Crippen molar-refractivity contribution in [3.8, 4) is 12.3 Å². The van der Waals surface area contributed by atoms with Gasteiger partial charge in [-0.15, -0.1) is 12.3 Å². The lowest BCUT2D eigenvalue weighted by Gasteiger charge is -2.11. The van der Waals surface area contributed by atoms with Crippen molar-refractivity contribution in [3.63, 3.8) is 0 Å². The first-order valence-electron chi connectivity index (χ1n) is 4.62. The van der Waals surface area contributed by atoms with Crippen LogP contribution in [0.4, 0.5) is 0 Å². The number of halogens is 1. The first-order valence-corrected chi connectivity index (χ1v) is 5.41. The summed E-state index contributed by atoms with van der Waals surface area (Å²) in [6.07, 6.45) is 7.82. The molecular weight excluding hydrogens is 288 g/mol. The molecule has 2 N–H and O–H groups in total. The second-order valence-corrected chi connectivity index (χ2v) is 4.08. The van der Waals surface area contributed by atoms with Crippen LogP contribution in [0.3, 0.4) is 0 Å². The molecule has 0 aromatic carbocycles. The van der Waals surface area contributed by atoms with Crippen molar-refractivity contribution >= 4 is 27.8 Å². The molecule has 0 aliphatic heterocycles. The van der Waals surface area contributed by atoms with Gasteiger partial charge in [0.05, 0.1) is 5.56 Å². The third kappa shape index (κ3) is 3.89. The van der Waals surface area contributed by atoms with Crippen LogP contribution in [-0.4, -0.2) is 28.0 Å². The van der Waals surface area contributed by atoms with E-state index >= 15 is 0 Å². The number of rotatable bonds is 4. The van der Waals surface area contributed by atoms with Gasteiger partial charge in [-0.25, -0.2) is 4.79 Å². The number of pyridine rings is 1. The number of aromatic nitrogens is 1. The molecular formula is C11H9BrN2O3. The second kappa shape index (κ2) is 6.01. The Labute approximate surface area is 106 Å². The van der Waals surface area contributed by atoms with E-state index in [0.717, 1.165) is 0 Å². The van der Waals surface area contributed by atoms with Gasteiger partial charge in [0.15, 0.2) is 0 Å². The van der Waals surface area contributed by atoms with E-state index in [2.05, 4.69) is 32.2 Å². The van der Waals surface area contributed by atoms with Gasteiger partial charge in [0.25, 0.3) is 5.91 Å². The summed E-state index contributed by atoms with van der Waals surface area (Å²) >= 11 is 3.17. The molecule has 0 bridgehead atoms. The molecule has 0 aliphatic carbocycles. The topological polar surface area (TPSA) is 79.3 Å². The first kappa shape index (κ1) is 13.2. The number of terminal acetylenes is 1. The molecule has 17 heavy (non-hydrogen) atoms. The maximum absolute atomic E-state index is 11.7. The normalized spacial score (nSPS) is 11.3. The van der Waals surface area contributed by atoms with Crippen molar-refractivity contribution in [2.24, 2.45) is 0 Å². The highest BCUT2D eigenvalue weighted by Crippen LogP contribution is 2.09. The first-order chi connectivity index (χ1) is 8.04. The van der Waals surface area contributed by atoms with E-state index in [1.807, 2.05) is 0 Å². The number of carboxylic acid groups (broad SMARTS) is 1. The van der Waals surface area contributed by atoms with Crippen LogP contribution in [0.1, 0.15) is 16.8 Å². The summed E-state index contributed by atoms with van der Waals surface area (Å²) in [5, 5.41) is 11.1. The molecule has 6 heteroatoms. The van der Waals surface area contributed by atoms with Crippen LogP contribution in [0.5, 0.6) is 0 Å².